The van der Waals surface area contributed by atoms with Crippen LogP contribution in [0.5, 0.6) is 0 Å². The summed E-state index contributed by atoms with van der Waals surface area (Å²) in [6.45, 7) is 1.96. The Morgan fingerprint density at radius 2 is 2.20 bits per heavy atom. The molecular weight excluding hydrogens is 254 g/mol. The molecule has 0 spiro atoms. The summed E-state index contributed by atoms with van der Waals surface area (Å²) in [5.41, 5.74) is 2.96. The number of halogens is 1. The highest BCUT2D eigenvalue weighted by molar-refractivity contribution is 9.10. The van der Waals surface area contributed by atoms with E-state index in [2.05, 4.69) is 22.0 Å². The molecule has 0 unspecified atom stereocenters. The van der Waals surface area contributed by atoms with E-state index in [1.54, 1.807) is 6.07 Å². The summed E-state index contributed by atoms with van der Waals surface area (Å²) >= 11 is 3.34. The molecule has 1 aromatic rings. The molecule has 2 rings (SSSR count). The third kappa shape index (κ3) is 1.62. The van der Waals surface area contributed by atoms with Gasteiger partial charge in [-0.15, -0.1) is 0 Å². The minimum absolute atomic E-state index is 0.0275. The van der Waals surface area contributed by atoms with Gasteiger partial charge >= 0.3 is 0 Å². The molecule has 2 nitrogen and oxygen atoms in total. The van der Waals surface area contributed by atoms with Crippen molar-refractivity contribution in [1.82, 2.24) is 0 Å². The number of benzene rings is 1. The lowest BCUT2D eigenvalue weighted by Gasteiger charge is -2.15. The third-order valence-electron chi connectivity index (χ3n) is 2.52. The average Bonchev–Trinajstić information content (AvgIpc) is 2.22. The van der Waals surface area contributed by atoms with Crippen molar-refractivity contribution in [2.24, 2.45) is 0 Å². The first-order chi connectivity index (χ1) is 7.13. The van der Waals surface area contributed by atoms with Crippen LogP contribution < -0.4 is 0 Å². The number of fused-ring (bicyclic) bond motifs is 1. The number of hydrogen-bond acceptors (Lipinski definition) is 2. The Morgan fingerprint density at radius 3 is 2.87 bits per heavy atom. The summed E-state index contributed by atoms with van der Waals surface area (Å²) in [7, 11) is 0. The smallest absolute Gasteiger partial charge is 0.168 e. The molecule has 1 aromatic carbocycles. The summed E-state index contributed by atoms with van der Waals surface area (Å²) in [6, 6.07) is 5.65. The molecule has 0 aromatic heterocycles. The van der Waals surface area contributed by atoms with Gasteiger partial charge in [-0.2, -0.15) is 5.26 Å². The zero-order valence-electron chi connectivity index (χ0n) is 8.17. The van der Waals surface area contributed by atoms with Crippen LogP contribution in [0.4, 0.5) is 0 Å². The largest absolute Gasteiger partial charge is 0.294 e. The molecule has 0 bridgehead atoms. The summed E-state index contributed by atoms with van der Waals surface area (Å²) < 4.78 is 0.834. The topological polar surface area (TPSA) is 40.9 Å². The van der Waals surface area contributed by atoms with Gasteiger partial charge in [-0.05, 0) is 30.2 Å². The van der Waals surface area contributed by atoms with Crippen LogP contribution in [-0.4, -0.2) is 5.78 Å². The Hall–Kier alpha value is -1.40. The fourth-order valence-electron chi connectivity index (χ4n) is 1.76. The highest BCUT2D eigenvalue weighted by Gasteiger charge is 2.21. The van der Waals surface area contributed by atoms with Crippen molar-refractivity contribution in [2.75, 3.05) is 0 Å². The van der Waals surface area contributed by atoms with Gasteiger partial charge in [-0.25, -0.2) is 0 Å². The minimum Gasteiger partial charge on any atom is -0.294 e. The van der Waals surface area contributed by atoms with Crippen molar-refractivity contribution in [3.63, 3.8) is 0 Å². The van der Waals surface area contributed by atoms with E-state index in [0.29, 0.717) is 17.5 Å². The highest BCUT2D eigenvalue weighted by Crippen LogP contribution is 2.31. The zero-order chi connectivity index (χ0) is 11.0. The molecular formula is C12H8BrNO. The molecule has 0 amide bonds. The first-order valence-corrected chi connectivity index (χ1v) is 5.36. The number of Topliss-reactive ketones (excluding diaryl/α,β-unsaturated/α-hetero) is 1. The standard InChI is InChI=1S/C12H8BrNO/c1-7-2-3-11(15)12-8(6-14)4-9(13)5-10(7)12/h2,4-5H,3H2,1H3. The summed E-state index contributed by atoms with van der Waals surface area (Å²) in [5, 5.41) is 8.98. The minimum atomic E-state index is 0.0275. The van der Waals surface area contributed by atoms with Gasteiger partial charge in [0.25, 0.3) is 0 Å². The Morgan fingerprint density at radius 1 is 1.47 bits per heavy atom. The van der Waals surface area contributed by atoms with Crippen LogP contribution in [0.2, 0.25) is 0 Å². The molecule has 0 fully saturated rings. The summed E-state index contributed by atoms with van der Waals surface area (Å²) in [6.07, 6.45) is 2.30. The maximum absolute atomic E-state index is 11.7. The first kappa shape index (κ1) is 10.1. The van der Waals surface area contributed by atoms with Crippen molar-refractivity contribution in [3.8, 4) is 6.07 Å². The van der Waals surface area contributed by atoms with Crippen molar-refractivity contribution < 1.29 is 4.79 Å². The van der Waals surface area contributed by atoms with Gasteiger partial charge in [0.05, 0.1) is 11.6 Å². The molecule has 0 atom stereocenters. The predicted molar refractivity (Wildman–Crippen MR) is 61.5 cm³/mol. The van der Waals surface area contributed by atoms with Gasteiger partial charge < -0.3 is 0 Å². The molecule has 1 aliphatic rings. The van der Waals surface area contributed by atoms with Gasteiger partial charge in [0.15, 0.2) is 5.78 Å². The van der Waals surface area contributed by atoms with Crippen LogP contribution >= 0.6 is 15.9 Å². The number of carbonyl (C=O) groups is 1. The second-order valence-corrected chi connectivity index (χ2v) is 4.42. The Bertz CT molecular complexity index is 523. The maximum atomic E-state index is 11.7. The van der Waals surface area contributed by atoms with Crippen molar-refractivity contribution >= 4 is 27.3 Å². The van der Waals surface area contributed by atoms with Gasteiger partial charge in [-0.3, -0.25) is 4.79 Å². The Labute approximate surface area is 96.3 Å². The lowest BCUT2D eigenvalue weighted by Crippen LogP contribution is -2.09. The Balaban J connectivity index is 2.80. The molecule has 0 radical (unpaired) electrons. The number of nitriles is 1. The Kier molecular flexibility index (Phi) is 2.45. The van der Waals surface area contributed by atoms with Crippen molar-refractivity contribution in [3.05, 3.63) is 39.4 Å². The molecule has 74 valence electrons. The van der Waals surface area contributed by atoms with E-state index in [9.17, 15) is 4.79 Å². The number of nitrogens with zero attached hydrogens (tertiary/aromatic N) is 1. The zero-order valence-corrected chi connectivity index (χ0v) is 9.76. The van der Waals surface area contributed by atoms with Crippen LogP contribution in [-0.2, 0) is 0 Å². The van der Waals surface area contributed by atoms with Crippen LogP contribution in [0, 0.1) is 11.3 Å². The van der Waals surface area contributed by atoms with E-state index in [-0.39, 0.29) is 5.78 Å². The van der Waals surface area contributed by atoms with Gasteiger partial charge in [0.2, 0.25) is 0 Å². The molecule has 0 N–H and O–H groups in total. The number of rotatable bonds is 0. The second kappa shape index (κ2) is 3.63. The van der Waals surface area contributed by atoms with Crippen molar-refractivity contribution in [1.29, 1.82) is 5.26 Å². The van der Waals surface area contributed by atoms with E-state index in [1.165, 1.54) is 0 Å². The third-order valence-corrected chi connectivity index (χ3v) is 2.98. The molecule has 3 heteroatoms. The van der Waals surface area contributed by atoms with E-state index in [0.717, 1.165) is 15.6 Å². The fourth-order valence-corrected chi connectivity index (χ4v) is 2.22. The number of carbonyl (C=O) groups excluding carboxylic acids is 1. The summed E-state index contributed by atoms with van der Waals surface area (Å²) in [5.74, 6) is 0.0275. The average molecular weight is 262 g/mol. The fraction of sp³-hybridized carbons (Fsp3) is 0.167. The first-order valence-electron chi connectivity index (χ1n) is 4.57. The van der Waals surface area contributed by atoms with Gasteiger partial charge in [0.1, 0.15) is 0 Å². The monoisotopic (exact) mass is 261 g/mol. The van der Waals surface area contributed by atoms with Crippen LogP contribution in [0.15, 0.2) is 22.7 Å². The quantitative estimate of drug-likeness (QED) is 0.719. The molecule has 1 aliphatic carbocycles. The van der Waals surface area contributed by atoms with Crippen LogP contribution in [0.25, 0.3) is 5.57 Å². The van der Waals surface area contributed by atoms with Crippen molar-refractivity contribution in [2.45, 2.75) is 13.3 Å². The molecule has 0 heterocycles. The number of hydrogen-bond donors (Lipinski definition) is 0. The van der Waals surface area contributed by atoms with E-state index in [1.807, 2.05) is 19.1 Å². The maximum Gasteiger partial charge on any atom is 0.168 e. The molecule has 15 heavy (non-hydrogen) atoms. The number of ketones is 1. The predicted octanol–water partition coefficient (Wildman–Crippen LogP) is 3.31. The van der Waals surface area contributed by atoms with E-state index in [4.69, 9.17) is 5.26 Å². The highest BCUT2D eigenvalue weighted by atomic mass is 79.9. The molecule has 0 saturated carbocycles. The molecule has 0 saturated heterocycles. The lowest BCUT2D eigenvalue weighted by molar-refractivity contribution is 0.0994. The number of allylic oxidation sites excluding steroid dienone is 2. The molecule has 0 aliphatic heterocycles. The van der Waals surface area contributed by atoms with Crippen LogP contribution in [0.3, 0.4) is 0 Å². The van der Waals surface area contributed by atoms with Crippen LogP contribution in [0.1, 0.15) is 34.8 Å². The van der Waals surface area contributed by atoms with Gasteiger partial charge in [0, 0.05) is 16.5 Å². The van der Waals surface area contributed by atoms with E-state index >= 15 is 0 Å². The normalized spacial score (nSPS) is 14.2. The second-order valence-electron chi connectivity index (χ2n) is 3.50. The van der Waals surface area contributed by atoms with E-state index < -0.39 is 0 Å². The summed E-state index contributed by atoms with van der Waals surface area (Å²) in [4.78, 5) is 11.7. The lowest BCUT2D eigenvalue weighted by atomic mass is 9.88. The van der Waals surface area contributed by atoms with Gasteiger partial charge in [-0.1, -0.05) is 22.0 Å². The SMILES string of the molecule is CC1=CCC(=O)c2c(C#N)cc(Br)cc21.